The van der Waals surface area contributed by atoms with Crippen molar-refractivity contribution in [3.8, 4) is 0 Å². The monoisotopic (exact) mass is 336 g/mol. The van der Waals surface area contributed by atoms with Crippen LogP contribution in [0.5, 0.6) is 0 Å². The predicted molar refractivity (Wildman–Crippen MR) is 79.2 cm³/mol. The molecule has 0 aliphatic heterocycles. The van der Waals surface area contributed by atoms with Gasteiger partial charge >= 0.3 is 0 Å². The number of sulfonamides is 1. The van der Waals surface area contributed by atoms with Crippen LogP contribution in [0.4, 0.5) is 4.39 Å². The maximum Gasteiger partial charge on any atom is 0.255 e. The number of carbonyl (C=O) groups excluding carboxylic acids is 1. The van der Waals surface area contributed by atoms with Crippen LogP contribution in [0.2, 0.25) is 5.02 Å². The molecule has 1 aromatic carbocycles. The molecule has 118 valence electrons. The van der Waals surface area contributed by atoms with Crippen molar-refractivity contribution in [2.45, 2.75) is 25.7 Å². The largest absolute Gasteiger partial charge is 0.341 e. The molecule has 0 bridgehead atoms. The molecule has 5 nitrogen and oxygen atoms in total. The first kappa shape index (κ1) is 17.9. The Kier molecular flexibility index (Phi) is 5.02. The van der Waals surface area contributed by atoms with Crippen LogP contribution < -0.4 is 5.14 Å². The Labute approximate surface area is 128 Å². The van der Waals surface area contributed by atoms with Gasteiger partial charge in [0.2, 0.25) is 10.0 Å². The highest BCUT2D eigenvalue weighted by Crippen LogP contribution is 2.26. The van der Waals surface area contributed by atoms with E-state index in [1.807, 2.05) is 20.8 Å². The molecule has 0 aromatic heterocycles. The van der Waals surface area contributed by atoms with Gasteiger partial charge in [0.05, 0.1) is 15.5 Å². The van der Waals surface area contributed by atoms with E-state index in [0.29, 0.717) is 12.6 Å². The number of nitrogens with two attached hydrogens (primary N) is 1. The zero-order valence-electron chi connectivity index (χ0n) is 12.3. The van der Waals surface area contributed by atoms with Crippen molar-refractivity contribution in [3.63, 3.8) is 0 Å². The minimum atomic E-state index is -4.13. The highest BCUT2D eigenvalue weighted by Gasteiger charge is 2.24. The van der Waals surface area contributed by atoms with Crippen molar-refractivity contribution < 1.29 is 17.6 Å². The Morgan fingerprint density at radius 2 is 1.90 bits per heavy atom. The molecule has 0 saturated carbocycles. The molecule has 0 unspecified atom stereocenters. The topological polar surface area (TPSA) is 80.5 Å². The minimum Gasteiger partial charge on any atom is -0.341 e. The third-order valence-corrected chi connectivity index (χ3v) is 3.90. The van der Waals surface area contributed by atoms with Gasteiger partial charge < -0.3 is 4.90 Å². The number of nitrogens with zero attached hydrogens (tertiary/aromatic N) is 1. The molecule has 0 fully saturated rings. The van der Waals surface area contributed by atoms with Gasteiger partial charge in [0.25, 0.3) is 5.91 Å². The van der Waals surface area contributed by atoms with Crippen LogP contribution in [0.1, 0.15) is 31.1 Å². The van der Waals surface area contributed by atoms with Gasteiger partial charge in [-0.1, -0.05) is 32.4 Å². The van der Waals surface area contributed by atoms with E-state index in [1.165, 1.54) is 11.9 Å². The van der Waals surface area contributed by atoms with E-state index in [2.05, 4.69) is 0 Å². The van der Waals surface area contributed by atoms with E-state index in [-0.39, 0.29) is 11.0 Å². The number of carbonyl (C=O) groups is 1. The molecule has 0 saturated heterocycles. The van der Waals surface area contributed by atoms with E-state index in [1.54, 1.807) is 0 Å². The highest BCUT2D eigenvalue weighted by atomic mass is 35.5. The van der Waals surface area contributed by atoms with Crippen LogP contribution >= 0.6 is 11.6 Å². The molecule has 0 aliphatic carbocycles. The number of amides is 1. The Hall–Kier alpha value is -1.18. The fourth-order valence-electron chi connectivity index (χ4n) is 1.87. The van der Waals surface area contributed by atoms with Crippen molar-refractivity contribution in [1.82, 2.24) is 4.90 Å². The molecular formula is C13H18ClFN2O3S. The summed E-state index contributed by atoms with van der Waals surface area (Å²) in [6.45, 7) is 6.18. The van der Waals surface area contributed by atoms with Gasteiger partial charge in [-0.15, -0.1) is 0 Å². The lowest BCUT2D eigenvalue weighted by Gasteiger charge is -2.27. The number of primary sulfonamides is 1. The summed E-state index contributed by atoms with van der Waals surface area (Å²) in [7, 11) is -2.60. The average molecular weight is 337 g/mol. The average Bonchev–Trinajstić information content (AvgIpc) is 2.27. The maximum absolute atomic E-state index is 13.7. The molecule has 8 heteroatoms. The zero-order valence-corrected chi connectivity index (χ0v) is 13.8. The summed E-state index contributed by atoms with van der Waals surface area (Å²) < 4.78 is 36.3. The third kappa shape index (κ3) is 4.66. The van der Waals surface area contributed by atoms with Crippen molar-refractivity contribution in [1.29, 1.82) is 0 Å². The lowest BCUT2D eigenvalue weighted by atomic mass is 9.96. The third-order valence-electron chi connectivity index (χ3n) is 2.62. The first-order chi connectivity index (χ1) is 9.33. The molecule has 0 radical (unpaired) electrons. The molecule has 0 aliphatic rings. The Balaban J connectivity index is 3.30. The molecule has 0 heterocycles. The van der Waals surface area contributed by atoms with Crippen LogP contribution in [0.25, 0.3) is 0 Å². The van der Waals surface area contributed by atoms with Crippen LogP contribution in [0.3, 0.4) is 0 Å². The summed E-state index contributed by atoms with van der Waals surface area (Å²) >= 11 is 5.77. The van der Waals surface area contributed by atoms with E-state index in [0.717, 1.165) is 6.07 Å². The fraction of sp³-hybridized carbons (Fsp3) is 0.462. The summed E-state index contributed by atoms with van der Waals surface area (Å²) in [5, 5.41) is 4.54. The Bertz CT molecular complexity index is 669. The van der Waals surface area contributed by atoms with Crippen molar-refractivity contribution >= 4 is 27.5 Å². The molecular weight excluding hydrogens is 319 g/mol. The molecule has 0 spiro atoms. The SMILES string of the molecule is CN(CC(C)(C)C)C(=O)c1cc(S(N)(=O)=O)cc(F)c1Cl. The lowest BCUT2D eigenvalue weighted by Crippen LogP contribution is -2.34. The number of rotatable bonds is 3. The van der Waals surface area contributed by atoms with Crippen molar-refractivity contribution in [2.24, 2.45) is 10.6 Å². The van der Waals surface area contributed by atoms with E-state index < -0.39 is 31.7 Å². The van der Waals surface area contributed by atoms with Crippen molar-refractivity contribution in [3.05, 3.63) is 28.5 Å². The normalized spacial score (nSPS) is 12.3. The predicted octanol–water partition coefficient (Wildman–Crippen LogP) is 2.24. The summed E-state index contributed by atoms with van der Waals surface area (Å²) in [5.74, 6) is -1.57. The second-order valence-corrected chi connectivity index (χ2v) is 7.97. The minimum absolute atomic E-state index is 0.174. The van der Waals surface area contributed by atoms with Gasteiger partial charge in [0, 0.05) is 13.6 Å². The molecule has 1 aromatic rings. The van der Waals surface area contributed by atoms with Crippen LogP contribution in [0, 0.1) is 11.2 Å². The van der Waals surface area contributed by atoms with Crippen LogP contribution in [-0.4, -0.2) is 32.8 Å². The van der Waals surface area contributed by atoms with Gasteiger partial charge in [-0.3, -0.25) is 4.79 Å². The quantitative estimate of drug-likeness (QED) is 0.919. The first-order valence-corrected chi connectivity index (χ1v) is 8.02. The van der Waals surface area contributed by atoms with Crippen LogP contribution in [-0.2, 0) is 10.0 Å². The molecule has 2 N–H and O–H groups in total. The van der Waals surface area contributed by atoms with E-state index in [9.17, 15) is 17.6 Å². The van der Waals surface area contributed by atoms with Crippen molar-refractivity contribution in [2.75, 3.05) is 13.6 Å². The summed E-state index contributed by atoms with van der Waals surface area (Å²) in [6, 6.07) is 1.68. The summed E-state index contributed by atoms with van der Waals surface area (Å²) in [4.78, 5) is 13.2. The number of hydrogen-bond acceptors (Lipinski definition) is 3. The van der Waals surface area contributed by atoms with E-state index in [4.69, 9.17) is 16.7 Å². The van der Waals surface area contributed by atoms with Gasteiger partial charge in [0.1, 0.15) is 5.82 Å². The standard InChI is InChI=1S/C13H18ClFN2O3S/c1-13(2,3)7-17(4)12(18)9-5-8(21(16,19)20)6-10(15)11(9)14/h5-6H,7H2,1-4H3,(H2,16,19,20). The molecule has 1 amide bonds. The summed E-state index contributed by atoms with van der Waals surface area (Å²) in [6.07, 6.45) is 0. The smallest absolute Gasteiger partial charge is 0.255 e. The van der Waals surface area contributed by atoms with Gasteiger partial charge in [-0.2, -0.15) is 0 Å². The zero-order chi connectivity index (χ0) is 16.6. The molecule has 0 atom stereocenters. The number of benzene rings is 1. The van der Waals surface area contributed by atoms with Gasteiger partial charge in [0.15, 0.2) is 0 Å². The first-order valence-electron chi connectivity index (χ1n) is 6.10. The Morgan fingerprint density at radius 1 is 1.38 bits per heavy atom. The maximum atomic E-state index is 13.7. The molecule has 1 rings (SSSR count). The van der Waals surface area contributed by atoms with Crippen LogP contribution in [0.15, 0.2) is 17.0 Å². The van der Waals surface area contributed by atoms with Gasteiger partial charge in [-0.25, -0.2) is 17.9 Å². The second-order valence-electron chi connectivity index (χ2n) is 6.03. The lowest BCUT2D eigenvalue weighted by molar-refractivity contribution is 0.0745. The number of halogens is 2. The Morgan fingerprint density at radius 3 is 2.33 bits per heavy atom. The highest BCUT2D eigenvalue weighted by molar-refractivity contribution is 7.89. The fourth-order valence-corrected chi connectivity index (χ4v) is 2.61. The summed E-state index contributed by atoms with van der Waals surface area (Å²) in [5.41, 5.74) is -0.403. The van der Waals surface area contributed by atoms with Gasteiger partial charge in [-0.05, 0) is 17.5 Å². The second kappa shape index (κ2) is 5.90. The van der Waals surface area contributed by atoms with E-state index >= 15 is 0 Å². The number of hydrogen-bond donors (Lipinski definition) is 1. The molecule has 21 heavy (non-hydrogen) atoms.